The van der Waals surface area contributed by atoms with Crippen LogP contribution in [0.2, 0.25) is 10.0 Å². The van der Waals surface area contributed by atoms with Gasteiger partial charge in [-0.1, -0.05) is 65.7 Å². The van der Waals surface area contributed by atoms with Gasteiger partial charge >= 0.3 is 0 Å². The van der Waals surface area contributed by atoms with Crippen LogP contribution in [0.1, 0.15) is 12.5 Å². The van der Waals surface area contributed by atoms with E-state index in [4.69, 9.17) is 23.2 Å². The molecule has 0 spiro atoms. The molecule has 1 atom stereocenters. The van der Waals surface area contributed by atoms with Gasteiger partial charge in [0.15, 0.2) is 9.84 Å². The Hall–Kier alpha value is -1.29. The molecule has 2 nitrogen and oxygen atoms in total. The first-order valence-corrected chi connectivity index (χ1v) is 8.63. The maximum atomic E-state index is 12.5. The molecule has 0 unspecified atom stereocenters. The predicted octanol–water partition coefficient (Wildman–Crippen LogP) is 4.87. The molecule has 2 rings (SSSR count). The van der Waals surface area contributed by atoms with Crippen molar-refractivity contribution in [1.82, 2.24) is 0 Å². The number of sulfone groups is 1. The van der Waals surface area contributed by atoms with Gasteiger partial charge in [-0.15, -0.1) is 0 Å². The quantitative estimate of drug-likeness (QED) is 0.795. The molecule has 2 aromatic carbocycles. The van der Waals surface area contributed by atoms with Crippen LogP contribution >= 0.6 is 23.2 Å². The van der Waals surface area contributed by atoms with Gasteiger partial charge in [0.2, 0.25) is 0 Å². The highest BCUT2D eigenvalue weighted by Crippen LogP contribution is 2.28. The molecule has 110 valence electrons. The standard InChI is InChI=1S/C16H14Cl2O2S/c1-12(7-8-13-5-3-2-4-6-13)21(19,20)16-11-14(17)9-10-15(16)18/h2-12H,1H3/b8-7+/t12-/m1/s1. The summed E-state index contributed by atoms with van der Waals surface area (Å²) in [6.07, 6.45) is 3.42. The van der Waals surface area contributed by atoms with Crippen LogP contribution in [0.25, 0.3) is 6.08 Å². The summed E-state index contributed by atoms with van der Waals surface area (Å²) < 4.78 is 25.1. The van der Waals surface area contributed by atoms with Crippen molar-refractivity contribution in [3.63, 3.8) is 0 Å². The van der Waals surface area contributed by atoms with Crippen LogP contribution in [0.5, 0.6) is 0 Å². The second-order valence-corrected chi connectivity index (χ2v) is 7.71. The zero-order valence-corrected chi connectivity index (χ0v) is 13.7. The van der Waals surface area contributed by atoms with E-state index in [1.165, 1.54) is 12.1 Å². The molecule has 0 bridgehead atoms. The predicted molar refractivity (Wildman–Crippen MR) is 88.6 cm³/mol. The summed E-state index contributed by atoms with van der Waals surface area (Å²) in [5.74, 6) is 0. The third-order valence-corrected chi connectivity index (χ3v) is 5.81. The highest BCUT2D eigenvalue weighted by Gasteiger charge is 2.24. The van der Waals surface area contributed by atoms with E-state index in [0.29, 0.717) is 5.02 Å². The van der Waals surface area contributed by atoms with E-state index >= 15 is 0 Å². The first kappa shape index (κ1) is 16.1. The van der Waals surface area contributed by atoms with Crippen LogP contribution in [0.15, 0.2) is 59.5 Å². The van der Waals surface area contributed by atoms with Crippen LogP contribution in [-0.2, 0) is 9.84 Å². The largest absolute Gasteiger partial charge is 0.223 e. The van der Waals surface area contributed by atoms with E-state index < -0.39 is 15.1 Å². The maximum absolute atomic E-state index is 12.5. The fourth-order valence-corrected chi connectivity index (χ4v) is 3.80. The summed E-state index contributed by atoms with van der Waals surface area (Å²) in [7, 11) is -3.57. The van der Waals surface area contributed by atoms with E-state index in [1.54, 1.807) is 25.1 Å². The van der Waals surface area contributed by atoms with Crippen LogP contribution < -0.4 is 0 Å². The Morgan fingerprint density at radius 2 is 1.71 bits per heavy atom. The zero-order chi connectivity index (χ0) is 15.5. The highest BCUT2D eigenvalue weighted by atomic mass is 35.5. The average Bonchev–Trinajstić information content (AvgIpc) is 2.48. The van der Waals surface area contributed by atoms with Crippen molar-refractivity contribution in [3.8, 4) is 0 Å². The van der Waals surface area contributed by atoms with E-state index in [2.05, 4.69) is 0 Å². The first-order valence-electron chi connectivity index (χ1n) is 6.33. The van der Waals surface area contributed by atoms with Crippen molar-refractivity contribution in [2.24, 2.45) is 0 Å². The Balaban J connectivity index is 2.31. The number of rotatable bonds is 4. The summed E-state index contributed by atoms with van der Waals surface area (Å²) in [6.45, 7) is 1.62. The van der Waals surface area contributed by atoms with Gasteiger partial charge < -0.3 is 0 Å². The molecule has 0 fully saturated rings. The average molecular weight is 341 g/mol. The van der Waals surface area contributed by atoms with E-state index in [-0.39, 0.29) is 9.92 Å². The Labute approximate surface area is 134 Å². The van der Waals surface area contributed by atoms with Crippen molar-refractivity contribution < 1.29 is 8.42 Å². The summed E-state index contributed by atoms with van der Waals surface area (Å²) in [4.78, 5) is 0.0573. The normalized spacial score (nSPS) is 13.5. The second-order valence-electron chi connectivity index (χ2n) is 4.59. The number of hydrogen-bond donors (Lipinski definition) is 0. The van der Waals surface area contributed by atoms with Crippen LogP contribution in [0.4, 0.5) is 0 Å². The molecular formula is C16H14Cl2O2S. The summed E-state index contributed by atoms with van der Waals surface area (Å²) in [5, 5.41) is -0.176. The Morgan fingerprint density at radius 3 is 2.38 bits per heavy atom. The molecule has 0 amide bonds. The highest BCUT2D eigenvalue weighted by molar-refractivity contribution is 7.92. The lowest BCUT2D eigenvalue weighted by Gasteiger charge is -2.11. The molecule has 0 aliphatic rings. The summed E-state index contributed by atoms with van der Waals surface area (Å²) in [5.41, 5.74) is 0.941. The van der Waals surface area contributed by atoms with Crippen molar-refractivity contribution in [1.29, 1.82) is 0 Å². The van der Waals surface area contributed by atoms with Crippen LogP contribution in [0.3, 0.4) is 0 Å². The monoisotopic (exact) mass is 340 g/mol. The van der Waals surface area contributed by atoms with Gasteiger partial charge in [0.1, 0.15) is 0 Å². The van der Waals surface area contributed by atoms with Gasteiger partial charge in [0.05, 0.1) is 15.2 Å². The first-order chi connectivity index (χ1) is 9.91. The van der Waals surface area contributed by atoms with Crippen molar-refractivity contribution in [3.05, 3.63) is 70.2 Å². The summed E-state index contributed by atoms with van der Waals surface area (Å²) in [6, 6.07) is 13.9. The van der Waals surface area contributed by atoms with Crippen LogP contribution in [-0.4, -0.2) is 13.7 Å². The molecule has 0 saturated heterocycles. The van der Waals surface area contributed by atoms with Gasteiger partial charge in [-0.2, -0.15) is 0 Å². The van der Waals surface area contributed by atoms with Crippen molar-refractivity contribution in [2.75, 3.05) is 0 Å². The molecule has 0 heterocycles. The minimum Gasteiger partial charge on any atom is -0.223 e. The lowest BCUT2D eigenvalue weighted by atomic mass is 10.2. The molecule has 0 radical (unpaired) electrons. The Morgan fingerprint density at radius 1 is 1.05 bits per heavy atom. The summed E-state index contributed by atoms with van der Waals surface area (Å²) >= 11 is 11.8. The molecule has 0 aliphatic heterocycles. The molecule has 2 aromatic rings. The molecule has 0 saturated carbocycles. The van der Waals surface area contributed by atoms with Gasteiger partial charge in [0.25, 0.3) is 0 Å². The molecule has 0 aromatic heterocycles. The lowest BCUT2D eigenvalue weighted by Crippen LogP contribution is -2.16. The van der Waals surface area contributed by atoms with E-state index in [0.717, 1.165) is 5.56 Å². The van der Waals surface area contributed by atoms with Gasteiger partial charge in [-0.25, -0.2) is 8.42 Å². The second kappa shape index (κ2) is 6.65. The van der Waals surface area contributed by atoms with E-state index in [1.807, 2.05) is 30.3 Å². The SMILES string of the molecule is C[C@H](/C=C/c1ccccc1)S(=O)(=O)c1cc(Cl)ccc1Cl. The number of benzene rings is 2. The maximum Gasteiger partial charge on any atom is 0.186 e. The molecule has 21 heavy (non-hydrogen) atoms. The smallest absolute Gasteiger partial charge is 0.186 e. The topological polar surface area (TPSA) is 34.1 Å². The van der Waals surface area contributed by atoms with Gasteiger partial charge in [0, 0.05) is 5.02 Å². The van der Waals surface area contributed by atoms with Crippen molar-refractivity contribution >= 4 is 39.1 Å². The van der Waals surface area contributed by atoms with Gasteiger partial charge in [-0.3, -0.25) is 0 Å². The Bertz CT molecular complexity index is 753. The molecule has 0 aliphatic carbocycles. The lowest BCUT2D eigenvalue weighted by molar-refractivity contribution is 0.591. The van der Waals surface area contributed by atoms with Gasteiger partial charge in [-0.05, 0) is 30.7 Å². The van der Waals surface area contributed by atoms with E-state index in [9.17, 15) is 8.42 Å². The minimum absolute atomic E-state index is 0.0573. The fraction of sp³-hybridized carbons (Fsp3) is 0.125. The van der Waals surface area contributed by atoms with Crippen LogP contribution in [0, 0.1) is 0 Å². The Kier molecular flexibility index (Phi) is 5.09. The number of hydrogen-bond acceptors (Lipinski definition) is 2. The molecule has 5 heteroatoms. The number of halogens is 2. The fourth-order valence-electron chi connectivity index (χ4n) is 1.81. The van der Waals surface area contributed by atoms with Crippen molar-refractivity contribution in [2.45, 2.75) is 17.1 Å². The third-order valence-electron chi connectivity index (χ3n) is 3.05. The molecular weight excluding hydrogens is 327 g/mol. The zero-order valence-electron chi connectivity index (χ0n) is 11.3. The molecule has 0 N–H and O–H groups in total. The minimum atomic E-state index is -3.57. The third kappa shape index (κ3) is 3.88.